The molecule has 106 valence electrons. The maximum Gasteiger partial charge on any atom is 0.348 e. The van der Waals surface area contributed by atoms with Gasteiger partial charge in [0.2, 0.25) is 0 Å². The van der Waals surface area contributed by atoms with E-state index in [4.69, 9.17) is 0 Å². The van der Waals surface area contributed by atoms with Crippen LogP contribution in [0.2, 0.25) is 0 Å². The Morgan fingerprint density at radius 1 is 1.10 bits per heavy atom. The summed E-state index contributed by atoms with van der Waals surface area (Å²) in [6, 6.07) is 12.7. The number of hydrogen-bond donors (Lipinski definition) is 2. The zero-order valence-electron chi connectivity index (χ0n) is 11.8. The topological polar surface area (TPSA) is 70.9 Å². The molecule has 0 aliphatic heterocycles. The minimum atomic E-state index is -0.339. The molecule has 0 saturated carbocycles. The summed E-state index contributed by atoms with van der Waals surface area (Å²) in [5.41, 5.74) is 2.90. The summed E-state index contributed by atoms with van der Waals surface area (Å²) in [5, 5.41) is 16.7. The number of phenolic OH excluding ortho intramolecular Hbond substituents is 1. The highest BCUT2D eigenvalue weighted by Gasteiger charge is 2.16. The van der Waals surface area contributed by atoms with Gasteiger partial charge in [-0.15, -0.1) is 0 Å². The van der Waals surface area contributed by atoms with E-state index in [-0.39, 0.29) is 11.4 Å². The molecular weight excluding hydrogens is 266 g/mol. The summed E-state index contributed by atoms with van der Waals surface area (Å²) in [5.74, 6) is 0.501. The van der Waals surface area contributed by atoms with Gasteiger partial charge in [0, 0.05) is 0 Å². The van der Waals surface area contributed by atoms with Gasteiger partial charge in [0.25, 0.3) is 0 Å². The van der Waals surface area contributed by atoms with Crippen LogP contribution in [0.15, 0.2) is 47.3 Å². The second kappa shape index (κ2) is 4.94. The number of aromatic hydroxyl groups is 1. The highest BCUT2D eigenvalue weighted by Crippen LogP contribution is 2.30. The molecule has 21 heavy (non-hydrogen) atoms. The summed E-state index contributed by atoms with van der Waals surface area (Å²) in [6.07, 6.45) is 0. The first-order chi connectivity index (χ1) is 10.1. The number of nitrogens with one attached hydrogen (secondary N) is 1. The molecule has 0 radical (unpaired) electrons. The number of benzene rings is 2. The lowest BCUT2D eigenvalue weighted by Crippen LogP contribution is -2.15. The molecule has 0 bridgehead atoms. The molecular formula is C16H15N3O2. The summed E-state index contributed by atoms with van der Waals surface area (Å²) in [6.45, 7) is 3.88. The quantitative estimate of drug-likeness (QED) is 0.758. The number of nitrogens with zero attached hydrogens (tertiary/aromatic N) is 2. The van der Waals surface area contributed by atoms with Gasteiger partial charge in [0.1, 0.15) is 5.75 Å². The van der Waals surface area contributed by atoms with Crippen LogP contribution in [0.1, 0.15) is 11.1 Å². The van der Waals surface area contributed by atoms with E-state index in [9.17, 15) is 9.90 Å². The van der Waals surface area contributed by atoms with Crippen molar-refractivity contribution in [1.29, 1.82) is 0 Å². The Morgan fingerprint density at radius 3 is 2.48 bits per heavy atom. The minimum absolute atomic E-state index is 0.106. The molecule has 1 heterocycles. The lowest BCUT2D eigenvalue weighted by Gasteiger charge is -2.09. The van der Waals surface area contributed by atoms with Crippen LogP contribution in [-0.2, 0) is 0 Å². The summed E-state index contributed by atoms with van der Waals surface area (Å²) < 4.78 is 1.45. The first-order valence-electron chi connectivity index (χ1n) is 6.61. The largest absolute Gasteiger partial charge is 0.507 e. The standard InChI is InChI=1S/C16H15N3O2/c1-10-8-13(14(20)9-11(10)2)15-17-18-16(21)19(15)12-6-4-3-5-7-12/h3-9,20H,1-2H3,(H,18,21). The average Bonchev–Trinajstić information content (AvgIpc) is 2.85. The Hall–Kier alpha value is -2.82. The van der Waals surface area contributed by atoms with Crippen molar-refractivity contribution in [1.82, 2.24) is 14.8 Å². The van der Waals surface area contributed by atoms with E-state index >= 15 is 0 Å². The third-order valence-corrected chi connectivity index (χ3v) is 3.54. The number of para-hydroxylation sites is 1. The van der Waals surface area contributed by atoms with Crippen molar-refractivity contribution in [3.8, 4) is 22.8 Å². The number of aromatic amines is 1. The van der Waals surface area contributed by atoms with Gasteiger partial charge in [-0.3, -0.25) is 0 Å². The molecule has 0 fully saturated rings. The van der Waals surface area contributed by atoms with Gasteiger partial charge in [-0.05, 0) is 49.2 Å². The SMILES string of the molecule is Cc1cc(O)c(-c2n[nH]c(=O)n2-c2ccccc2)cc1C. The predicted octanol–water partition coefficient (Wildman–Crippen LogP) is 2.55. The third-order valence-electron chi connectivity index (χ3n) is 3.54. The molecule has 5 heteroatoms. The molecule has 2 N–H and O–H groups in total. The van der Waals surface area contributed by atoms with Gasteiger partial charge in [-0.1, -0.05) is 18.2 Å². The highest BCUT2D eigenvalue weighted by atomic mass is 16.3. The molecule has 0 saturated heterocycles. The van der Waals surface area contributed by atoms with Gasteiger partial charge in [0.05, 0.1) is 11.3 Å². The van der Waals surface area contributed by atoms with Crippen molar-refractivity contribution < 1.29 is 5.11 Å². The van der Waals surface area contributed by atoms with Gasteiger partial charge in [-0.2, -0.15) is 5.10 Å². The van der Waals surface area contributed by atoms with Crippen LogP contribution in [0.25, 0.3) is 17.1 Å². The van der Waals surface area contributed by atoms with Crippen molar-refractivity contribution in [2.75, 3.05) is 0 Å². The molecule has 1 aromatic heterocycles. The van der Waals surface area contributed by atoms with Gasteiger partial charge < -0.3 is 5.11 Å². The van der Waals surface area contributed by atoms with Crippen LogP contribution in [0.5, 0.6) is 5.75 Å². The molecule has 0 aliphatic rings. The number of H-pyrrole nitrogens is 1. The maximum atomic E-state index is 12.0. The first-order valence-corrected chi connectivity index (χ1v) is 6.61. The number of hydrogen-bond acceptors (Lipinski definition) is 3. The van der Waals surface area contributed by atoms with E-state index in [0.717, 1.165) is 11.1 Å². The van der Waals surface area contributed by atoms with Crippen molar-refractivity contribution in [2.45, 2.75) is 13.8 Å². The third kappa shape index (κ3) is 2.23. The fourth-order valence-corrected chi connectivity index (χ4v) is 2.27. The number of aryl methyl sites for hydroxylation is 2. The Morgan fingerprint density at radius 2 is 1.76 bits per heavy atom. The maximum absolute atomic E-state index is 12.0. The number of phenols is 1. The van der Waals surface area contributed by atoms with Crippen molar-refractivity contribution in [3.63, 3.8) is 0 Å². The molecule has 3 rings (SSSR count). The van der Waals surface area contributed by atoms with Crippen LogP contribution in [0.4, 0.5) is 0 Å². The summed E-state index contributed by atoms with van der Waals surface area (Å²) in [4.78, 5) is 12.0. The van der Waals surface area contributed by atoms with E-state index in [1.165, 1.54) is 4.57 Å². The number of aromatic nitrogens is 3. The molecule has 0 spiro atoms. The van der Waals surface area contributed by atoms with E-state index in [2.05, 4.69) is 10.2 Å². The zero-order chi connectivity index (χ0) is 15.0. The second-order valence-electron chi connectivity index (χ2n) is 4.98. The average molecular weight is 281 g/mol. The molecule has 5 nitrogen and oxygen atoms in total. The predicted molar refractivity (Wildman–Crippen MR) is 80.8 cm³/mol. The summed E-state index contributed by atoms with van der Waals surface area (Å²) in [7, 11) is 0. The minimum Gasteiger partial charge on any atom is -0.507 e. The van der Waals surface area contributed by atoms with E-state index in [1.807, 2.05) is 50.2 Å². The Bertz CT molecular complexity index is 848. The fourth-order valence-electron chi connectivity index (χ4n) is 2.27. The van der Waals surface area contributed by atoms with E-state index in [0.29, 0.717) is 17.1 Å². The van der Waals surface area contributed by atoms with E-state index < -0.39 is 0 Å². The molecule has 2 aromatic carbocycles. The zero-order valence-corrected chi connectivity index (χ0v) is 11.8. The monoisotopic (exact) mass is 281 g/mol. The Balaban J connectivity index is 2.27. The lowest BCUT2D eigenvalue weighted by molar-refractivity contribution is 0.476. The van der Waals surface area contributed by atoms with Crippen LogP contribution in [0, 0.1) is 13.8 Å². The molecule has 0 unspecified atom stereocenters. The van der Waals surface area contributed by atoms with Crippen molar-refractivity contribution >= 4 is 0 Å². The molecule has 0 atom stereocenters. The number of rotatable bonds is 2. The Labute approximate surface area is 121 Å². The normalized spacial score (nSPS) is 10.8. The fraction of sp³-hybridized carbons (Fsp3) is 0.125. The summed E-state index contributed by atoms with van der Waals surface area (Å²) >= 11 is 0. The Kier molecular flexibility index (Phi) is 3.10. The molecule has 0 amide bonds. The lowest BCUT2D eigenvalue weighted by atomic mass is 10.0. The second-order valence-corrected chi connectivity index (χ2v) is 4.98. The molecule has 0 aliphatic carbocycles. The van der Waals surface area contributed by atoms with E-state index in [1.54, 1.807) is 6.07 Å². The molecule has 3 aromatic rings. The van der Waals surface area contributed by atoms with Crippen molar-refractivity contribution in [3.05, 3.63) is 64.1 Å². The van der Waals surface area contributed by atoms with Gasteiger partial charge >= 0.3 is 5.69 Å². The van der Waals surface area contributed by atoms with Crippen LogP contribution >= 0.6 is 0 Å². The first kappa shape index (κ1) is 13.2. The van der Waals surface area contributed by atoms with Crippen molar-refractivity contribution in [2.24, 2.45) is 0 Å². The van der Waals surface area contributed by atoms with Gasteiger partial charge in [0.15, 0.2) is 5.82 Å². The van der Waals surface area contributed by atoms with Crippen LogP contribution in [0.3, 0.4) is 0 Å². The van der Waals surface area contributed by atoms with Gasteiger partial charge in [-0.25, -0.2) is 14.5 Å². The smallest absolute Gasteiger partial charge is 0.348 e. The highest BCUT2D eigenvalue weighted by molar-refractivity contribution is 5.67. The van der Waals surface area contributed by atoms with Crippen LogP contribution < -0.4 is 5.69 Å². The van der Waals surface area contributed by atoms with Crippen LogP contribution in [-0.4, -0.2) is 19.9 Å².